The van der Waals surface area contributed by atoms with Crippen LogP contribution in [0.5, 0.6) is 0 Å². The van der Waals surface area contributed by atoms with Crippen LogP contribution in [0.4, 0.5) is 0 Å². The van der Waals surface area contributed by atoms with Gasteiger partial charge in [-0.25, -0.2) is 0 Å². The first-order chi connectivity index (χ1) is 9.72. The largest absolute Gasteiger partial charge is 0.334 e. The predicted octanol–water partition coefficient (Wildman–Crippen LogP) is 4.00. The van der Waals surface area contributed by atoms with E-state index >= 15 is 0 Å². The minimum Gasteiger partial charge on any atom is -0.334 e. The Morgan fingerprint density at radius 1 is 1.25 bits per heavy atom. The van der Waals surface area contributed by atoms with Gasteiger partial charge in [-0.3, -0.25) is 4.79 Å². The monoisotopic (exact) mass is 303 g/mol. The van der Waals surface area contributed by atoms with Crippen LogP contribution in [-0.2, 0) is 17.8 Å². The van der Waals surface area contributed by atoms with Crippen molar-refractivity contribution >= 4 is 34.9 Å². The van der Waals surface area contributed by atoms with Gasteiger partial charge in [0.05, 0.1) is 0 Å². The SMILES string of the molecule is O=C(C=Cc1ccc(Cl)cc1)N1CCc2sccc2C1. The molecule has 0 N–H and O–H groups in total. The van der Waals surface area contributed by atoms with Gasteiger partial charge in [0.2, 0.25) is 5.91 Å². The lowest BCUT2D eigenvalue weighted by Gasteiger charge is -2.25. The van der Waals surface area contributed by atoms with E-state index < -0.39 is 0 Å². The summed E-state index contributed by atoms with van der Waals surface area (Å²) in [5, 5.41) is 2.80. The number of hydrogen-bond acceptors (Lipinski definition) is 2. The average molecular weight is 304 g/mol. The fraction of sp³-hybridized carbons (Fsp3) is 0.188. The van der Waals surface area contributed by atoms with Crippen LogP contribution < -0.4 is 0 Å². The number of carbonyl (C=O) groups is 1. The summed E-state index contributed by atoms with van der Waals surface area (Å²) in [4.78, 5) is 15.5. The number of amides is 1. The maximum absolute atomic E-state index is 12.2. The molecule has 1 aromatic heterocycles. The third kappa shape index (κ3) is 2.94. The fourth-order valence-electron chi connectivity index (χ4n) is 2.28. The van der Waals surface area contributed by atoms with Crippen molar-refractivity contribution in [2.24, 2.45) is 0 Å². The van der Waals surface area contributed by atoms with Crippen LogP contribution >= 0.6 is 22.9 Å². The topological polar surface area (TPSA) is 20.3 Å². The van der Waals surface area contributed by atoms with Gasteiger partial charge in [-0.05, 0) is 47.2 Å². The van der Waals surface area contributed by atoms with Gasteiger partial charge in [-0.15, -0.1) is 11.3 Å². The summed E-state index contributed by atoms with van der Waals surface area (Å²) in [5.74, 6) is 0.0665. The molecule has 4 heteroatoms. The predicted molar refractivity (Wildman–Crippen MR) is 83.9 cm³/mol. The fourth-order valence-corrected chi connectivity index (χ4v) is 3.30. The molecule has 2 nitrogen and oxygen atoms in total. The minimum absolute atomic E-state index is 0.0665. The van der Waals surface area contributed by atoms with Crippen molar-refractivity contribution in [3.63, 3.8) is 0 Å². The Labute approximate surface area is 127 Å². The third-order valence-electron chi connectivity index (χ3n) is 3.41. The number of halogens is 1. The van der Waals surface area contributed by atoms with Gasteiger partial charge < -0.3 is 4.90 Å². The molecule has 0 saturated carbocycles. The number of nitrogens with zero attached hydrogens (tertiary/aromatic N) is 1. The molecule has 2 heterocycles. The van der Waals surface area contributed by atoms with Gasteiger partial charge in [-0.1, -0.05) is 23.7 Å². The Kier molecular flexibility index (Phi) is 3.90. The zero-order valence-corrected chi connectivity index (χ0v) is 12.5. The summed E-state index contributed by atoms with van der Waals surface area (Å²) in [5.41, 5.74) is 2.27. The number of benzene rings is 1. The Morgan fingerprint density at radius 3 is 2.85 bits per heavy atom. The van der Waals surface area contributed by atoms with Gasteiger partial charge in [0.1, 0.15) is 0 Å². The Bertz CT molecular complexity index is 645. The molecule has 0 saturated heterocycles. The summed E-state index contributed by atoms with van der Waals surface area (Å²) in [6, 6.07) is 9.56. The van der Waals surface area contributed by atoms with Crippen LogP contribution in [0.3, 0.4) is 0 Å². The van der Waals surface area contributed by atoms with Crippen molar-refractivity contribution in [3.8, 4) is 0 Å². The van der Waals surface area contributed by atoms with Crippen molar-refractivity contribution in [3.05, 3.63) is 62.8 Å². The standard InChI is InChI=1S/C16H14ClNOS/c17-14-4-1-12(2-5-14)3-6-16(19)18-9-7-15-13(11-18)8-10-20-15/h1-6,8,10H,7,9,11H2. The summed E-state index contributed by atoms with van der Waals surface area (Å²) in [7, 11) is 0. The highest BCUT2D eigenvalue weighted by Gasteiger charge is 2.19. The summed E-state index contributed by atoms with van der Waals surface area (Å²) in [6.45, 7) is 1.53. The Hall–Kier alpha value is -1.58. The molecule has 2 aromatic rings. The van der Waals surface area contributed by atoms with E-state index in [0.717, 1.165) is 25.1 Å². The first-order valence-electron chi connectivity index (χ1n) is 6.50. The van der Waals surface area contributed by atoms with E-state index in [1.165, 1.54) is 10.4 Å². The zero-order valence-electron chi connectivity index (χ0n) is 10.9. The first-order valence-corrected chi connectivity index (χ1v) is 7.76. The molecule has 102 valence electrons. The molecule has 20 heavy (non-hydrogen) atoms. The first kappa shape index (κ1) is 13.4. The third-order valence-corrected chi connectivity index (χ3v) is 4.68. The van der Waals surface area contributed by atoms with Crippen LogP contribution in [0, 0.1) is 0 Å². The molecule has 0 radical (unpaired) electrons. The number of rotatable bonds is 2. The van der Waals surface area contributed by atoms with Gasteiger partial charge in [0.15, 0.2) is 0 Å². The number of carbonyl (C=O) groups excluding carboxylic acids is 1. The van der Waals surface area contributed by atoms with Crippen LogP contribution in [0.15, 0.2) is 41.8 Å². The lowest BCUT2D eigenvalue weighted by molar-refractivity contribution is -0.126. The molecule has 0 aliphatic carbocycles. The summed E-state index contributed by atoms with van der Waals surface area (Å²) in [6.07, 6.45) is 4.44. The second-order valence-electron chi connectivity index (χ2n) is 4.76. The molecule has 0 unspecified atom stereocenters. The second-order valence-corrected chi connectivity index (χ2v) is 6.20. The Morgan fingerprint density at radius 2 is 2.05 bits per heavy atom. The van der Waals surface area contributed by atoms with E-state index in [9.17, 15) is 4.79 Å². The van der Waals surface area contributed by atoms with Crippen LogP contribution in [0.2, 0.25) is 5.02 Å². The van der Waals surface area contributed by atoms with Gasteiger partial charge >= 0.3 is 0 Å². The number of fused-ring (bicyclic) bond motifs is 1. The highest BCUT2D eigenvalue weighted by Crippen LogP contribution is 2.24. The molecule has 0 fully saturated rings. The normalized spacial score (nSPS) is 14.6. The van der Waals surface area contributed by atoms with Crippen molar-refractivity contribution < 1.29 is 4.79 Å². The Balaban J connectivity index is 1.67. The van der Waals surface area contributed by atoms with Crippen LogP contribution in [0.1, 0.15) is 16.0 Å². The highest BCUT2D eigenvalue weighted by molar-refractivity contribution is 7.10. The molecule has 1 aliphatic rings. The van der Waals surface area contributed by atoms with E-state index in [1.807, 2.05) is 35.2 Å². The average Bonchev–Trinajstić information content (AvgIpc) is 2.93. The molecular formula is C16H14ClNOS. The summed E-state index contributed by atoms with van der Waals surface area (Å²) >= 11 is 7.62. The maximum atomic E-state index is 12.2. The molecule has 0 spiro atoms. The van der Waals surface area contributed by atoms with Crippen LogP contribution in [-0.4, -0.2) is 17.4 Å². The molecule has 0 bridgehead atoms. The van der Waals surface area contributed by atoms with E-state index in [-0.39, 0.29) is 5.91 Å². The van der Waals surface area contributed by atoms with E-state index in [1.54, 1.807) is 17.4 Å². The lowest BCUT2D eigenvalue weighted by Crippen LogP contribution is -2.34. The van der Waals surface area contributed by atoms with Crippen molar-refractivity contribution in [1.29, 1.82) is 0 Å². The molecular weight excluding hydrogens is 290 g/mol. The molecule has 3 rings (SSSR count). The van der Waals surface area contributed by atoms with E-state index in [4.69, 9.17) is 11.6 Å². The molecule has 1 aliphatic heterocycles. The van der Waals surface area contributed by atoms with Gasteiger partial charge in [0, 0.05) is 29.1 Å². The maximum Gasteiger partial charge on any atom is 0.246 e. The summed E-state index contributed by atoms with van der Waals surface area (Å²) < 4.78 is 0. The number of thiophene rings is 1. The van der Waals surface area contributed by atoms with E-state index in [0.29, 0.717) is 5.02 Å². The zero-order chi connectivity index (χ0) is 13.9. The quantitative estimate of drug-likeness (QED) is 0.768. The molecule has 0 atom stereocenters. The molecule has 1 amide bonds. The minimum atomic E-state index is 0.0665. The highest BCUT2D eigenvalue weighted by atomic mass is 35.5. The second kappa shape index (κ2) is 5.81. The van der Waals surface area contributed by atoms with Gasteiger partial charge in [-0.2, -0.15) is 0 Å². The van der Waals surface area contributed by atoms with Crippen molar-refractivity contribution in [1.82, 2.24) is 4.90 Å². The van der Waals surface area contributed by atoms with E-state index in [2.05, 4.69) is 11.4 Å². The van der Waals surface area contributed by atoms with Crippen molar-refractivity contribution in [2.45, 2.75) is 13.0 Å². The lowest BCUT2D eigenvalue weighted by atomic mass is 10.1. The van der Waals surface area contributed by atoms with Crippen molar-refractivity contribution in [2.75, 3.05) is 6.54 Å². The van der Waals surface area contributed by atoms with Gasteiger partial charge in [0.25, 0.3) is 0 Å². The molecule has 1 aromatic carbocycles. The van der Waals surface area contributed by atoms with Crippen LogP contribution in [0.25, 0.3) is 6.08 Å². The number of hydrogen-bond donors (Lipinski definition) is 0. The smallest absolute Gasteiger partial charge is 0.246 e.